The molecule has 138 valence electrons. The van der Waals surface area contributed by atoms with Gasteiger partial charge in [0.25, 0.3) is 5.91 Å². The van der Waals surface area contributed by atoms with Crippen molar-refractivity contribution in [3.05, 3.63) is 81.4 Å². The molecule has 4 nitrogen and oxygen atoms in total. The van der Waals surface area contributed by atoms with Crippen molar-refractivity contribution >= 4 is 41.3 Å². The van der Waals surface area contributed by atoms with E-state index in [9.17, 15) is 18.0 Å². The molecule has 0 spiro atoms. The average Bonchev–Trinajstić information content (AvgIpc) is 3.09. The maximum atomic E-state index is 12.6. The highest BCUT2D eigenvalue weighted by atomic mass is 35.5. The van der Waals surface area contributed by atoms with Gasteiger partial charge < -0.3 is 0 Å². The minimum Gasteiger partial charge on any atom is -0.267 e. The maximum absolute atomic E-state index is 12.6. The minimum absolute atomic E-state index is 0.141. The van der Waals surface area contributed by atoms with Gasteiger partial charge in [-0.1, -0.05) is 23.2 Å². The predicted molar refractivity (Wildman–Crippen MR) is 96.6 cm³/mol. The number of pyridine rings is 1. The Balaban J connectivity index is 1.77. The lowest BCUT2D eigenvalue weighted by Gasteiger charge is -2.07. The number of hydrogen-bond acceptors (Lipinski definition) is 3. The third kappa shape index (κ3) is 4.56. The average molecular weight is 412 g/mol. The summed E-state index contributed by atoms with van der Waals surface area (Å²) in [5.74, 6) is -0.350. The largest absolute Gasteiger partial charge is 0.417 e. The summed E-state index contributed by atoms with van der Waals surface area (Å²) in [6.45, 7) is 0. The molecule has 0 radical (unpaired) electrons. The van der Waals surface area contributed by atoms with Crippen LogP contribution in [-0.4, -0.2) is 20.7 Å². The molecule has 0 saturated heterocycles. The number of halogens is 5. The van der Waals surface area contributed by atoms with Gasteiger partial charge in [0.05, 0.1) is 22.0 Å². The summed E-state index contributed by atoms with van der Waals surface area (Å²) in [4.78, 5) is 16.0. The zero-order valence-electron chi connectivity index (χ0n) is 13.4. The fraction of sp³-hybridized carbons (Fsp3) is 0.0556. The third-order valence-corrected chi connectivity index (χ3v) is 4.07. The van der Waals surface area contributed by atoms with Crippen molar-refractivity contribution in [2.75, 3.05) is 0 Å². The molecule has 2 aromatic heterocycles. The molecule has 1 aromatic carbocycles. The summed E-state index contributed by atoms with van der Waals surface area (Å²) in [5.41, 5.74) is 0.0475. The summed E-state index contributed by atoms with van der Waals surface area (Å²) in [5, 5.41) is 4.48. The first-order valence-electron chi connectivity index (χ1n) is 7.51. The van der Waals surface area contributed by atoms with Crippen LogP contribution >= 0.6 is 23.2 Å². The van der Waals surface area contributed by atoms with Gasteiger partial charge in [0.1, 0.15) is 0 Å². The highest BCUT2D eigenvalue weighted by Gasteiger charge is 2.31. The molecule has 0 bridgehead atoms. The Kier molecular flexibility index (Phi) is 5.34. The van der Waals surface area contributed by atoms with Crippen LogP contribution in [0.3, 0.4) is 0 Å². The highest BCUT2D eigenvalue weighted by Crippen LogP contribution is 2.31. The molecule has 0 saturated carbocycles. The number of carbonyl (C=O) groups is 1. The van der Waals surface area contributed by atoms with Crippen molar-refractivity contribution in [3.63, 3.8) is 0 Å². The molecule has 0 aliphatic rings. The Hall–Kier alpha value is -2.64. The zero-order chi connectivity index (χ0) is 19.6. The van der Waals surface area contributed by atoms with Gasteiger partial charge in [0, 0.05) is 23.0 Å². The second-order valence-corrected chi connectivity index (χ2v) is 6.26. The van der Waals surface area contributed by atoms with E-state index in [1.165, 1.54) is 18.3 Å². The Morgan fingerprint density at radius 3 is 2.41 bits per heavy atom. The zero-order valence-corrected chi connectivity index (χ0v) is 14.9. The monoisotopic (exact) mass is 411 g/mol. The van der Waals surface area contributed by atoms with Gasteiger partial charge in [-0.25, -0.2) is 4.68 Å². The lowest BCUT2D eigenvalue weighted by molar-refractivity contribution is -0.137. The van der Waals surface area contributed by atoms with Crippen LogP contribution < -0.4 is 0 Å². The van der Waals surface area contributed by atoms with Crippen molar-refractivity contribution in [1.82, 2.24) is 14.8 Å². The Labute approximate surface area is 161 Å². The van der Waals surface area contributed by atoms with E-state index in [1.54, 1.807) is 30.3 Å². The summed E-state index contributed by atoms with van der Waals surface area (Å²) >= 11 is 11.6. The van der Waals surface area contributed by atoms with Crippen molar-refractivity contribution in [3.8, 4) is 0 Å². The number of nitrogens with zero attached hydrogens (tertiary/aromatic N) is 3. The summed E-state index contributed by atoms with van der Waals surface area (Å²) < 4.78 is 39.0. The summed E-state index contributed by atoms with van der Waals surface area (Å²) in [7, 11) is 0. The van der Waals surface area contributed by atoms with Crippen LogP contribution in [-0.2, 0) is 6.18 Å². The van der Waals surface area contributed by atoms with Crippen LogP contribution in [0.4, 0.5) is 13.2 Å². The van der Waals surface area contributed by atoms with E-state index in [0.717, 1.165) is 10.7 Å². The van der Waals surface area contributed by atoms with E-state index in [1.807, 2.05) is 0 Å². The SMILES string of the molecule is O=C(c1ccc(Cl)cc1)n1ccc(C=Cc2ncc(C(F)(F)F)cc2Cl)n1. The number of alkyl halides is 3. The molecular formula is C18H10Cl2F3N3O. The van der Waals surface area contributed by atoms with Crippen molar-refractivity contribution in [1.29, 1.82) is 0 Å². The van der Waals surface area contributed by atoms with Crippen molar-refractivity contribution in [2.24, 2.45) is 0 Å². The van der Waals surface area contributed by atoms with Gasteiger partial charge in [-0.2, -0.15) is 18.3 Å². The smallest absolute Gasteiger partial charge is 0.267 e. The number of aromatic nitrogens is 3. The van der Waals surface area contributed by atoms with Crippen LogP contribution in [0.25, 0.3) is 12.2 Å². The number of carbonyl (C=O) groups excluding carboxylic acids is 1. The number of hydrogen-bond donors (Lipinski definition) is 0. The summed E-state index contributed by atoms with van der Waals surface area (Å²) in [6.07, 6.45) is 0.571. The molecule has 3 rings (SSSR count). The van der Waals surface area contributed by atoms with Crippen LogP contribution in [0.2, 0.25) is 10.0 Å². The fourth-order valence-electron chi connectivity index (χ4n) is 2.16. The van der Waals surface area contributed by atoms with E-state index in [4.69, 9.17) is 23.2 Å². The molecule has 0 N–H and O–H groups in total. The lowest BCUT2D eigenvalue weighted by atomic mass is 10.2. The molecule has 0 unspecified atom stereocenters. The van der Waals surface area contributed by atoms with Gasteiger partial charge >= 0.3 is 6.18 Å². The molecule has 3 aromatic rings. The van der Waals surface area contributed by atoms with E-state index in [0.29, 0.717) is 22.5 Å². The molecule has 9 heteroatoms. The van der Waals surface area contributed by atoms with Crippen LogP contribution in [0, 0.1) is 0 Å². The van der Waals surface area contributed by atoms with Gasteiger partial charge in [0.15, 0.2) is 0 Å². The molecule has 0 amide bonds. The predicted octanol–water partition coefficient (Wildman–Crippen LogP) is 5.46. The summed E-state index contributed by atoms with van der Waals surface area (Å²) in [6, 6.07) is 8.72. The standard InChI is InChI=1S/C18H10Cl2F3N3O/c19-13-3-1-11(2-4-13)17(27)26-8-7-14(25-26)5-6-16-15(20)9-12(10-24-16)18(21,22)23/h1-10H. The topological polar surface area (TPSA) is 47.8 Å². The van der Waals surface area contributed by atoms with Gasteiger partial charge in [-0.3, -0.25) is 9.78 Å². The molecule has 27 heavy (non-hydrogen) atoms. The Morgan fingerprint density at radius 1 is 1.07 bits per heavy atom. The van der Waals surface area contributed by atoms with Crippen molar-refractivity contribution < 1.29 is 18.0 Å². The maximum Gasteiger partial charge on any atom is 0.417 e. The van der Waals surface area contributed by atoms with E-state index in [-0.39, 0.29) is 16.6 Å². The quantitative estimate of drug-likeness (QED) is 0.574. The van der Waals surface area contributed by atoms with Gasteiger partial charge in [-0.05, 0) is 48.6 Å². The number of benzene rings is 1. The van der Waals surface area contributed by atoms with Crippen LogP contribution in [0.1, 0.15) is 27.3 Å². The van der Waals surface area contributed by atoms with E-state index < -0.39 is 11.7 Å². The third-order valence-electron chi connectivity index (χ3n) is 3.52. The second kappa shape index (κ2) is 7.54. The Morgan fingerprint density at radius 2 is 1.78 bits per heavy atom. The van der Waals surface area contributed by atoms with Gasteiger partial charge in [-0.15, -0.1) is 0 Å². The molecule has 0 fully saturated rings. The van der Waals surface area contributed by atoms with E-state index in [2.05, 4.69) is 10.1 Å². The minimum atomic E-state index is -4.51. The molecule has 2 heterocycles. The molecule has 0 aliphatic carbocycles. The highest BCUT2D eigenvalue weighted by molar-refractivity contribution is 6.32. The van der Waals surface area contributed by atoms with Gasteiger partial charge in [0.2, 0.25) is 0 Å². The molecule has 0 aliphatic heterocycles. The first-order valence-corrected chi connectivity index (χ1v) is 8.26. The normalized spacial score (nSPS) is 11.9. The first kappa shape index (κ1) is 19.1. The first-order chi connectivity index (χ1) is 12.7. The molecule has 0 atom stereocenters. The fourth-order valence-corrected chi connectivity index (χ4v) is 2.51. The van der Waals surface area contributed by atoms with Crippen LogP contribution in [0.15, 0.2) is 48.8 Å². The van der Waals surface area contributed by atoms with E-state index >= 15 is 0 Å². The Bertz CT molecular complexity index is 1010. The van der Waals surface area contributed by atoms with Crippen molar-refractivity contribution in [2.45, 2.75) is 6.18 Å². The number of rotatable bonds is 3. The molecular weight excluding hydrogens is 402 g/mol. The van der Waals surface area contributed by atoms with Crippen LogP contribution in [0.5, 0.6) is 0 Å². The lowest BCUT2D eigenvalue weighted by Crippen LogP contribution is -2.12. The second-order valence-electron chi connectivity index (χ2n) is 5.42.